The molecule has 1 fully saturated rings. The van der Waals surface area contributed by atoms with Gasteiger partial charge in [0.05, 0.1) is 6.61 Å². The Morgan fingerprint density at radius 2 is 2.22 bits per heavy atom. The van der Waals surface area contributed by atoms with Crippen LogP contribution in [0.1, 0.15) is 19.8 Å². The molecule has 0 aromatic heterocycles. The van der Waals surface area contributed by atoms with Crippen molar-refractivity contribution in [2.45, 2.75) is 25.8 Å². The van der Waals surface area contributed by atoms with Gasteiger partial charge in [-0.3, -0.25) is 0 Å². The number of likely N-dealkylation sites (N-methyl/N-ethyl adjacent to an activating group) is 1. The summed E-state index contributed by atoms with van der Waals surface area (Å²) in [6, 6.07) is -0.170. The maximum atomic E-state index is 12.4. The molecule has 2 atom stereocenters. The Hall–Kier alpha value is 0.120. The van der Waals surface area contributed by atoms with Gasteiger partial charge in [-0.25, -0.2) is 0 Å². The first-order chi connectivity index (χ1) is 8.43. The summed E-state index contributed by atoms with van der Waals surface area (Å²) in [5, 5.41) is 0. The number of rotatable bonds is 6. The molecule has 1 heterocycles. The molecule has 108 valence electrons. The summed E-state index contributed by atoms with van der Waals surface area (Å²) in [7, 11) is -0.227. The molecule has 0 bridgehead atoms. The second-order valence-electron chi connectivity index (χ2n) is 4.85. The summed E-state index contributed by atoms with van der Waals surface area (Å²) < 4.78 is 32.8. The topological polar surface area (TPSA) is 49.9 Å². The molecule has 0 saturated carbocycles. The van der Waals surface area contributed by atoms with Gasteiger partial charge in [0, 0.05) is 39.2 Å². The fourth-order valence-electron chi connectivity index (χ4n) is 2.12. The second kappa shape index (κ2) is 7.05. The first kappa shape index (κ1) is 16.2. The number of methoxy groups -OCH3 is 1. The van der Waals surface area contributed by atoms with Crippen molar-refractivity contribution in [3.63, 3.8) is 0 Å². The van der Waals surface area contributed by atoms with E-state index in [-0.39, 0.29) is 12.0 Å². The lowest BCUT2D eigenvalue weighted by Crippen LogP contribution is -2.50. The second-order valence-corrected chi connectivity index (χ2v) is 7.15. The monoisotopic (exact) mass is 298 g/mol. The van der Waals surface area contributed by atoms with Crippen molar-refractivity contribution in [3.05, 3.63) is 0 Å². The Labute approximate surface area is 115 Å². The third-order valence-corrected chi connectivity index (χ3v) is 5.93. The van der Waals surface area contributed by atoms with Gasteiger partial charge < -0.3 is 4.74 Å². The van der Waals surface area contributed by atoms with Gasteiger partial charge in [0.15, 0.2) is 0 Å². The average Bonchev–Trinajstić information content (AvgIpc) is 2.38. The van der Waals surface area contributed by atoms with Crippen LogP contribution in [0.4, 0.5) is 0 Å². The molecule has 2 unspecified atom stereocenters. The lowest BCUT2D eigenvalue weighted by molar-refractivity contribution is 0.144. The molecule has 18 heavy (non-hydrogen) atoms. The molecule has 0 radical (unpaired) electrons. The SMILES string of the molecule is COCC(C)N(C)S(=O)(=O)N1CCCC(CCl)C1. The van der Waals surface area contributed by atoms with Crippen LogP contribution >= 0.6 is 11.6 Å². The molecule has 7 heteroatoms. The highest BCUT2D eigenvalue weighted by atomic mass is 35.5. The van der Waals surface area contributed by atoms with E-state index in [2.05, 4.69) is 0 Å². The van der Waals surface area contributed by atoms with Crippen LogP contribution in [0.25, 0.3) is 0 Å². The number of nitrogens with zero attached hydrogens (tertiary/aromatic N) is 2. The quantitative estimate of drug-likeness (QED) is 0.691. The minimum Gasteiger partial charge on any atom is -0.383 e. The summed E-state index contributed by atoms with van der Waals surface area (Å²) in [5.41, 5.74) is 0. The van der Waals surface area contributed by atoms with Crippen LogP contribution in [0.5, 0.6) is 0 Å². The highest BCUT2D eigenvalue weighted by Gasteiger charge is 2.33. The van der Waals surface area contributed by atoms with Crippen molar-refractivity contribution < 1.29 is 13.2 Å². The van der Waals surface area contributed by atoms with E-state index >= 15 is 0 Å². The molecular weight excluding hydrogens is 276 g/mol. The van der Waals surface area contributed by atoms with Crippen molar-refractivity contribution in [2.75, 3.05) is 39.7 Å². The van der Waals surface area contributed by atoms with Crippen LogP contribution in [0.3, 0.4) is 0 Å². The fraction of sp³-hybridized carbons (Fsp3) is 1.00. The smallest absolute Gasteiger partial charge is 0.282 e. The normalized spacial score (nSPS) is 24.4. The number of ether oxygens (including phenoxy) is 1. The molecule has 1 aliphatic rings. The number of alkyl halides is 1. The summed E-state index contributed by atoms with van der Waals surface area (Å²) in [5.74, 6) is 0.782. The number of hydrogen-bond donors (Lipinski definition) is 0. The molecule has 0 aromatic rings. The van der Waals surface area contributed by atoms with Gasteiger partial charge in [-0.15, -0.1) is 11.6 Å². The van der Waals surface area contributed by atoms with E-state index in [1.165, 1.54) is 8.61 Å². The molecule has 1 aliphatic heterocycles. The molecule has 5 nitrogen and oxygen atoms in total. The standard InChI is InChI=1S/C11H23ClN2O3S/c1-10(9-17-3)13(2)18(15,16)14-6-4-5-11(7-12)8-14/h10-11H,4-9H2,1-3H3. The highest BCUT2D eigenvalue weighted by Crippen LogP contribution is 2.22. The minimum absolute atomic E-state index is 0.170. The maximum Gasteiger partial charge on any atom is 0.282 e. The van der Waals surface area contributed by atoms with Gasteiger partial charge >= 0.3 is 0 Å². The van der Waals surface area contributed by atoms with Crippen molar-refractivity contribution >= 4 is 21.8 Å². The Kier molecular flexibility index (Phi) is 6.34. The van der Waals surface area contributed by atoms with Crippen molar-refractivity contribution in [2.24, 2.45) is 5.92 Å². The zero-order valence-corrected chi connectivity index (χ0v) is 12.9. The Bertz CT molecular complexity index is 350. The third-order valence-electron chi connectivity index (χ3n) is 3.42. The Balaban J connectivity index is 2.72. The van der Waals surface area contributed by atoms with Gasteiger partial charge in [-0.2, -0.15) is 17.0 Å². The van der Waals surface area contributed by atoms with Crippen LogP contribution < -0.4 is 0 Å². The van der Waals surface area contributed by atoms with Gasteiger partial charge in [-0.1, -0.05) is 0 Å². The minimum atomic E-state index is -3.40. The molecule has 0 aromatic carbocycles. The molecule has 0 N–H and O–H groups in total. The summed E-state index contributed by atoms with van der Waals surface area (Å²) in [4.78, 5) is 0. The maximum absolute atomic E-state index is 12.4. The largest absolute Gasteiger partial charge is 0.383 e. The summed E-state index contributed by atoms with van der Waals surface area (Å²) >= 11 is 5.83. The first-order valence-electron chi connectivity index (χ1n) is 6.21. The molecule has 0 amide bonds. The van der Waals surface area contributed by atoms with Gasteiger partial charge in [-0.05, 0) is 25.7 Å². The van der Waals surface area contributed by atoms with E-state index in [0.717, 1.165) is 12.8 Å². The Morgan fingerprint density at radius 3 is 2.78 bits per heavy atom. The van der Waals surface area contributed by atoms with Gasteiger partial charge in [0.2, 0.25) is 0 Å². The van der Waals surface area contributed by atoms with Crippen LogP contribution in [-0.4, -0.2) is 62.8 Å². The van der Waals surface area contributed by atoms with Crippen LogP contribution in [0, 0.1) is 5.92 Å². The highest BCUT2D eigenvalue weighted by molar-refractivity contribution is 7.86. The van der Waals surface area contributed by atoms with Crippen LogP contribution in [-0.2, 0) is 14.9 Å². The Morgan fingerprint density at radius 1 is 1.56 bits per heavy atom. The fourth-order valence-corrected chi connectivity index (χ4v) is 4.01. The van der Waals surface area contributed by atoms with E-state index in [1.807, 2.05) is 6.92 Å². The number of piperidine rings is 1. The van der Waals surface area contributed by atoms with Gasteiger partial charge in [0.1, 0.15) is 0 Å². The summed E-state index contributed by atoms with van der Waals surface area (Å²) in [6.45, 7) is 3.34. The van der Waals surface area contributed by atoms with Gasteiger partial charge in [0.25, 0.3) is 10.2 Å². The predicted molar refractivity (Wildman–Crippen MR) is 73.0 cm³/mol. The number of halogens is 1. The zero-order chi connectivity index (χ0) is 13.8. The average molecular weight is 299 g/mol. The third kappa shape index (κ3) is 3.81. The van der Waals surface area contributed by atoms with Crippen LogP contribution in [0.15, 0.2) is 0 Å². The summed E-state index contributed by atoms with van der Waals surface area (Å²) in [6.07, 6.45) is 1.88. The zero-order valence-electron chi connectivity index (χ0n) is 11.3. The van der Waals surface area contributed by atoms with E-state index in [4.69, 9.17) is 16.3 Å². The van der Waals surface area contributed by atoms with Crippen molar-refractivity contribution in [3.8, 4) is 0 Å². The first-order valence-corrected chi connectivity index (χ1v) is 8.14. The lowest BCUT2D eigenvalue weighted by Gasteiger charge is -2.35. The van der Waals surface area contributed by atoms with E-state index in [9.17, 15) is 8.42 Å². The molecule has 1 saturated heterocycles. The molecule has 0 spiro atoms. The van der Waals surface area contributed by atoms with E-state index in [0.29, 0.717) is 25.6 Å². The van der Waals surface area contributed by atoms with E-state index < -0.39 is 10.2 Å². The van der Waals surface area contributed by atoms with Crippen molar-refractivity contribution in [1.29, 1.82) is 0 Å². The predicted octanol–water partition coefficient (Wildman–Crippen LogP) is 1.15. The molecule has 0 aliphatic carbocycles. The lowest BCUT2D eigenvalue weighted by atomic mass is 10.0. The molecule has 1 rings (SSSR count). The van der Waals surface area contributed by atoms with Crippen molar-refractivity contribution in [1.82, 2.24) is 8.61 Å². The number of hydrogen-bond acceptors (Lipinski definition) is 3. The van der Waals surface area contributed by atoms with Crippen LogP contribution in [0.2, 0.25) is 0 Å². The van der Waals surface area contributed by atoms with E-state index in [1.54, 1.807) is 14.2 Å². The molecular formula is C11H23ClN2O3S.